The smallest absolute Gasteiger partial charge is 0.160 e. The molecule has 0 heterocycles. The Morgan fingerprint density at radius 1 is 1.15 bits per heavy atom. The molecule has 0 fully saturated rings. The maximum absolute atomic E-state index is 12.1. The summed E-state index contributed by atoms with van der Waals surface area (Å²) in [5.41, 5.74) is 4.39. The van der Waals surface area contributed by atoms with E-state index >= 15 is 0 Å². The lowest BCUT2D eigenvalue weighted by Gasteiger charge is -2.14. The third-order valence-electron chi connectivity index (χ3n) is 5.49. The number of ketones is 1. The summed E-state index contributed by atoms with van der Waals surface area (Å²) in [7, 11) is 0. The van der Waals surface area contributed by atoms with Crippen molar-refractivity contribution in [2.24, 2.45) is 11.8 Å². The number of hydrogen-bond donors (Lipinski definition) is 0. The fourth-order valence-electron chi connectivity index (χ4n) is 3.55. The third-order valence-corrected chi connectivity index (χ3v) is 5.49. The Morgan fingerprint density at radius 2 is 1.85 bits per heavy atom. The van der Waals surface area contributed by atoms with Crippen LogP contribution in [0.2, 0.25) is 0 Å². The molecular weight excluding hydrogens is 332 g/mol. The van der Waals surface area contributed by atoms with Crippen molar-refractivity contribution in [1.82, 2.24) is 0 Å². The number of allylic oxidation sites excluding steroid dienone is 2. The largest absolute Gasteiger partial charge is 0.494 e. The lowest BCUT2D eigenvalue weighted by Crippen LogP contribution is -2.04. The molecule has 0 aromatic heterocycles. The standard InChI is InChI=1S/C25H40O2/c1-8-18(3)11-10-12-19(4)15-20(5)13-14-23-17-25(27-9-2)21(6)16-24(23)22(7)26/h15-19H,8-14H2,1-7H3. The first-order valence-corrected chi connectivity index (χ1v) is 10.7. The van der Waals surface area contributed by atoms with Crippen LogP contribution >= 0.6 is 0 Å². The highest BCUT2D eigenvalue weighted by Gasteiger charge is 2.12. The Morgan fingerprint density at radius 3 is 2.44 bits per heavy atom. The van der Waals surface area contributed by atoms with Gasteiger partial charge in [0.1, 0.15) is 5.75 Å². The number of aryl methyl sites for hydroxylation is 2. The van der Waals surface area contributed by atoms with Crippen molar-refractivity contribution in [2.75, 3.05) is 6.61 Å². The first-order valence-electron chi connectivity index (χ1n) is 10.7. The van der Waals surface area contributed by atoms with Gasteiger partial charge in [-0.2, -0.15) is 0 Å². The monoisotopic (exact) mass is 372 g/mol. The van der Waals surface area contributed by atoms with E-state index in [9.17, 15) is 4.79 Å². The normalized spacial score (nSPS) is 14.1. The molecule has 27 heavy (non-hydrogen) atoms. The number of carbonyl (C=O) groups excluding carboxylic acids is 1. The number of carbonyl (C=O) groups is 1. The highest BCUT2D eigenvalue weighted by Crippen LogP contribution is 2.26. The van der Waals surface area contributed by atoms with Crippen molar-refractivity contribution in [3.05, 3.63) is 40.5 Å². The molecular formula is C25H40O2. The maximum Gasteiger partial charge on any atom is 0.160 e. The van der Waals surface area contributed by atoms with E-state index in [0.29, 0.717) is 12.5 Å². The minimum Gasteiger partial charge on any atom is -0.494 e. The Hall–Kier alpha value is -1.57. The molecule has 0 radical (unpaired) electrons. The molecule has 2 heteroatoms. The van der Waals surface area contributed by atoms with Gasteiger partial charge in [-0.25, -0.2) is 0 Å². The summed E-state index contributed by atoms with van der Waals surface area (Å²) in [5.74, 6) is 2.50. The summed E-state index contributed by atoms with van der Waals surface area (Å²) in [6, 6.07) is 4.05. The summed E-state index contributed by atoms with van der Waals surface area (Å²) in [6.07, 6.45) is 9.48. The van der Waals surface area contributed by atoms with E-state index in [0.717, 1.165) is 41.2 Å². The van der Waals surface area contributed by atoms with Gasteiger partial charge < -0.3 is 4.74 Å². The van der Waals surface area contributed by atoms with Gasteiger partial charge in [0, 0.05) is 5.56 Å². The van der Waals surface area contributed by atoms with Gasteiger partial charge in [-0.3, -0.25) is 4.79 Å². The van der Waals surface area contributed by atoms with Gasteiger partial charge in [0.05, 0.1) is 6.61 Å². The predicted molar refractivity (Wildman–Crippen MR) is 117 cm³/mol. The van der Waals surface area contributed by atoms with Gasteiger partial charge >= 0.3 is 0 Å². The number of ether oxygens (including phenoxy) is 1. The van der Waals surface area contributed by atoms with Crippen LogP contribution in [0.3, 0.4) is 0 Å². The molecule has 152 valence electrons. The Labute approximate surface area is 167 Å². The molecule has 0 N–H and O–H groups in total. The van der Waals surface area contributed by atoms with Crippen molar-refractivity contribution >= 4 is 5.78 Å². The van der Waals surface area contributed by atoms with E-state index in [-0.39, 0.29) is 5.78 Å². The van der Waals surface area contributed by atoms with Crippen molar-refractivity contribution in [3.8, 4) is 5.75 Å². The van der Waals surface area contributed by atoms with E-state index in [2.05, 4.69) is 39.8 Å². The predicted octanol–water partition coefficient (Wildman–Crippen LogP) is 7.33. The van der Waals surface area contributed by atoms with E-state index in [1.54, 1.807) is 6.92 Å². The molecule has 0 aliphatic heterocycles. The SMILES string of the molecule is CCOc1cc(CCC(C)=CC(C)CCCC(C)CC)c(C(C)=O)cc1C. The molecule has 1 aromatic carbocycles. The van der Waals surface area contributed by atoms with Crippen LogP contribution in [0, 0.1) is 18.8 Å². The molecule has 0 saturated heterocycles. The zero-order valence-corrected chi connectivity index (χ0v) is 18.7. The van der Waals surface area contributed by atoms with Crippen LogP contribution in [-0.2, 0) is 6.42 Å². The first kappa shape index (κ1) is 23.5. The average molecular weight is 373 g/mol. The molecule has 0 spiro atoms. The number of hydrogen-bond acceptors (Lipinski definition) is 2. The second-order valence-corrected chi connectivity index (χ2v) is 8.20. The second-order valence-electron chi connectivity index (χ2n) is 8.20. The van der Waals surface area contributed by atoms with Gasteiger partial charge in [0.15, 0.2) is 5.78 Å². The van der Waals surface area contributed by atoms with Gasteiger partial charge in [-0.1, -0.05) is 51.7 Å². The quantitative estimate of drug-likeness (QED) is 0.283. The van der Waals surface area contributed by atoms with Gasteiger partial charge in [0.25, 0.3) is 0 Å². The Kier molecular flexibility index (Phi) is 10.4. The van der Waals surface area contributed by atoms with E-state index in [1.165, 1.54) is 31.3 Å². The van der Waals surface area contributed by atoms with Crippen molar-refractivity contribution in [3.63, 3.8) is 0 Å². The summed E-state index contributed by atoms with van der Waals surface area (Å²) in [5, 5.41) is 0. The van der Waals surface area contributed by atoms with Crippen molar-refractivity contribution in [1.29, 1.82) is 0 Å². The molecule has 0 saturated carbocycles. The van der Waals surface area contributed by atoms with Gasteiger partial charge in [0.2, 0.25) is 0 Å². The van der Waals surface area contributed by atoms with Crippen LogP contribution in [0.15, 0.2) is 23.8 Å². The van der Waals surface area contributed by atoms with E-state index < -0.39 is 0 Å². The minimum atomic E-state index is 0.135. The van der Waals surface area contributed by atoms with Gasteiger partial charge in [-0.15, -0.1) is 0 Å². The highest BCUT2D eigenvalue weighted by atomic mass is 16.5. The highest BCUT2D eigenvalue weighted by molar-refractivity contribution is 5.96. The Balaban J connectivity index is 2.72. The molecule has 1 rings (SSSR count). The average Bonchev–Trinajstić information content (AvgIpc) is 2.61. The lowest BCUT2D eigenvalue weighted by atomic mass is 9.93. The first-order chi connectivity index (χ1) is 12.8. The fourth-order valence-corrected chi connectivity index (χ4v) is 3.55. The topological polar surface area (TPSA) is 26.3 Å². The van der Waals surface area contributed by atoms with E-state index in [4.69, 9.17) is 4.74 Å². The van der Waals surface area contributed by atoms with Crippen LogP contribution in [-0.4, -0.2) is 12.4 Å². The van der Waals surface area contributed by atoms with Crippen LogP contribution in [0.4, 0.5) is 0 Å². The molecule has 0 bridgehead atoms. The van der Waals surface area contributed by atoms with E-state index in [1.807, 2.05) is 19.9 Å². The molecule has 2 nitrogen and oxygen atoms in total. The maximum atomic E-state index is 12.1. The molecule has 2 atom stereocenters. The van der Waals surface area contributed by atoms with Crippen molar-refractivity contribution in [2.45, 2.75) is 87.0 Å². The van der Waals surface area contributed by atoms with Crippen LogP contribution in [0.25, 0.3) is 0 Å². The molecule has 0 aliphatic carbocycles. The molecule has 0 amide bonds. The van der Waals surface area contributed by atoms with Crippen molar-refractivity contribution < 1.29 is 9.53 Å². The molecule has 0 aliphatic rings. The zero-order chi connectivity index (χ0) is 20.4. The van der Waals surface area contributed by atoms with Crippen LogP contribution in [0.5, 0.6) is 5.75 Å². The lowest BCUT2D eigenvalue weighted by molar-refractivity contribution is 0.101. The number of rotatable bonds is 12. The summed E-state index contributed by atoms with van der Waals surface area (Å²) in [6.45, 7) is 15.5. The van der Waals surface area contributed by atoms with Gasteiger partial charge in [-0.05, 0) is 82.1 Å². The third kappa shape index (κ3) is 8.32. The van der Waals surface area contributed by atoms with Crippen LogP contribution < -0.4 is 4.74 Å². The Bertz CT molecular complexity index is 627. The second kappa shape index (κ2) is 12.0. The fraction of sp³-hybridized carbons (Fsp3) is 0.640. The molecule has 1 aromatic rings. The number of Topliss-reactive ketones (excluding diaryl/α,β-unsaturated/α-hetero) is 1. The summed E-state index contributed by atoms with van der Waals surface area (Å²) in [4.78, 5) is 12.1. The summed E-state index contributed by atoms with van der Waals surface area (Å²) >= 11 is 0. The molecule has 2 unspecified atom stereocenters. The number of benzene rings is 1. The van der Waals surface area contributed by atoms with Crippen LogP contribution in [0.1, 0.15) is 95.1 Å². The summed E-state index contributed by atoms with van der Waals surface area (Å²) < 4.78 is 5.73. The zero-order valence-electron chi connectivity index (χ0n) is 18.7. The minimum absolute atomic E-state index is 0.135.